The third-order valence-corrected chi connectivity index (χ3v) is 3.76. The van der Waals surface area contributed by atoms with E-state index in [-0.39, 0.29) is 18.4 Å². The highest BCUT2D eigenvalue weighted by atomic mass is 16.5. The quantitative estimate of drug-likeness (QED) is 0.580. The topological polar surface area (TPSA) is 85.9 Å². The van der Waals surface area contributed by atoms with Gasteiger partial charge in [-0.2, -0.15) is 0 Å². The minimum Gasteiger partial charge on any atom is -0.497 e. The number of nitrogens with one attached hydrogen (secondary N) is 2. The van der Waals surface area contributed by atoms with Crippen LogP contribution >= 0.6 is 0 Å². The van der Waals surface area contributed by atoms with E-state index in [0.717, 1.165) is 11.5 Å². The molecule has 0 saturated heterocycles. The summed E-state index contributed by atoms with van der Waals surface area (Å²) >= 11 is 0. The molecule has 2 N–H and O–H groups in total. The van der Waals surface area contributed by atoms with E-state index in [1.807, 2.05) is 31.2 Å². The van der Waals surface area contributed by atoms with Crippen molar-refractivity contribution in [1.29, 1.82) is 0 Å². The van der Waals surface area contributed by atoms with Crippen molar-refractivity contribution in [2.24, 2.45) is 0 Å². The third-order valence-electron chi connectivity index (χ3n) is 3.76. The Balaban J connectivity index is 1.65. The van der Waals surface area contributed by atoms with Gasteiger partial charge in [-0.3, -0.25) is 9.59 Å². The van der Waals surface area contributed by atoms with Crippen LogP contribution in [0.15, 0.2) is 48.5 Å². The molecule has 0 aromatic heterocycles. The number of hydrogen-bond donors (Lipinski definition) is 2. The standard InChI is InChI=1S/C21H26N2O5/c1-3-22-21(25)15-28-19-8-6-16(7-9-19)23-20(24)5-4-14-27-18-12-10-17(26-2)11-13-18/h6-13H,3-5,14-15H2,1-2H3,(H,22,25)(H,23,24). The molecule has 0 saturated carbocycles. The van der Waals surface area contributed by atoms with E-state index in [1.165, 1.54) is 0 Å². The fourth-order valence-electron chi connectivity index (χ4n) is 2.35. The third kappa shape index (κ3) is 7.57. The van der Waals surface area contributed by atoms with Crippen LogP contribution in [0, 0.1) is 0 Å². The molecule has 7 heteroatoms. The van der Waals surface area contributed by atoms with Crippen molar-refractivity contribution >= 4 is 17.5 Å². The lowest BCUT2D eigenvalue weighted by Gasteiger charge is -2.09. The number of rotatable bonds is 11. The molecule has 7 nitrogen and oxygen atoms in total. The smallest absolute Gasteiger partial charge is 0.257 e. The van der Waals surface area contributed by atoms with Gasteiger partial charge in [-0.1, -0.05) is 0 Å². The zero-order valence-corrected chi connectivity index (χ0v) is 16.2. The van der Waals surface area contributed by atoms with E-state index in [2.05, 4.69) is 10.6 Å². The molecule has 0 aliphatic rings. The van der Waals surface area contributed by atoms with E-state index in [9.17, 15) is 9.59 Å². The molecule has 2 amide bonds. The minimum absolute atomic E-state index is 0.0340. The Kier molecular flexibility index (Phi) is 8.65. The average Bonchev–Trinajstić information content (AvgIpc) is 2.71. The number of methoxy groups -OCH3 is 1. The van der Waals surface area contributed by atoms with Gasteiger partial charge < -0.3 is 24.8 Å². The van der Waals surface area contributed by atoms with Gasteiger partial charge in [-0.05, 0) is 61.9 Å². The molecule has 0 aliphatic carbocycles. The van der Waals surface area contributed by atoms with Crippen LogP contribution in [0.1, 0.15) is 19.8 Å². The highest BCUT2D eigenvalue weighted by Gasteiger charge is 2.05. The molecule has 0 spiro atoms. The lowest BCUT2D eigenvalue weighted by atomic mass is 10.2. The minimum atomic E-state index is -0.170. The first-order valence-corrected chi connectivity index (χ1v) is 9.17. The van der Waals surface area contributed by atoms with Gasteiger partial charge in [0.05, 0.1) is 13.7 Å². The van der Waals surface area contributed by atoms with E-state index < -0.39 is 0 Å². The number of ether oxygens (including phenoxy) is 3. The maximum atomic E-state index is 12.0. The lowest BCUT2D eigenvalue weighted by Crippen LogP contribution is -2.28. The fraction of sp³-hybridized carbons (Fsp3) is 0.333. The summed E-state index contributed by atoms with van der Waals surface area (Å²) in [5, 5.41) is 5.48. The molecule has 2 rings (SSSR count). The Labute approximate surface area is 165 Å². The second-order valence-electron chi connectivity index (χ2n) is 5.94. The second kappa shape index (κ2) is 11.5. The predicted molar refractivity (Wildman–Crippen MR) is 107 cm³/mol. The first-order chi connectivity index (χ1) is 13.6. The van der Waals surface area contributed by atoms with Crippen molar-refractivity contribution in [2.45, 2.75) is 19.8 Å². The summed E-state index contributed by atoms with van der Waals surface area (Å²) in [6.07, 6.45) is 0.956. The molecule has 0 bridgehead atoms. The maximum Gasteiger partial charge on any atom is 0.257 e. The zero-order chi connectivity index (χ0) is 20.2. The Bertz CT molecular complexity index is 744. The summed E-state index contributed by atoms with van der Waals surface area (Å²) in [7, 11) is 1.61. The summed E-state index contributed by atoms with van der Waals surface area (Å²) < 4.78 is 16.1. The van der Waals surface area contributed by atoms with E-state index in [0.29, 0.717) is 37.4 Å². The van der Waals surface area contributed by atoms with Gasteiger partial charge in [0.2, 0.25) is 5.91 Å². The number of benzene rings is 2. The van der Waals surface area contributed by atoms with E-state index in [1.54, 1.807) is 31.4 Å². The summed E-state index contributed by atoms with van der Waals surface area (Å²) in [6, 6.07) is 14.2. The van der Waals surface area contributed by atoms with Gasteiger partial charge in [0.1, 0.15) is 17.2 Å². The highest BCUT2D eigenvalue weighted by molar-refractivity contribution is 5.90. The van der Waals surface area contributed by atoms with Gasteiger partial charge in [0.15, 0.2) is 6.61 Å². The van der Waals surface area contributed by atoms with Gasteiger partial charge in [0, 0.05) is 18.7 Å². The predicted octanol–water partition coefficient (Wildman–Crippen LogP) is 3.01. The second-order valence-corrected chi connectivity index (χ2v) is 5.94. The van der Waals surface area contributed by atoms with Crippen LogP contribution in [0.5, 0.6) is 17.2 Å². The number of likely N-dealkylation sites (N-methyl/N-ethyl adjacent to an activating group) is 1. The van der Waals surface area contributed by atoms with Crippen molar-refractivity contribution in [3.05, 3.63) is 48.5 Å². The molecular formula is C21H26N2O5. The largest absolute Gasteiger partial charge is 0.497 e. The number of carbonyl (C=O) groups is 2. The van der Waals surface area contributed by atoms with Crippen molar-refractivity contribution in [1.82, 2.24) is 5.32 Å². The van der Waals surface area contributed by atoms with Crippen LogP contribution in [0.2, 0.25) is 0 Å². The Hall–Kier alpha value is -3.22. The van der Waals surface area contributed by atoms with Gasteiger partial charge in [-0.25, -0.2) is 0 Å². The van der Waals surface area contributed by atoms with E-state index in [4.69, 9.17) is 14.2 Å². The molecular weight excluding hydrogens is 360 g/mol. The summed E-state index contributed by atoms with van der Waals surface area (Å²) in [5.41, 5.74) is 0.673. The number of amides is 2. The summed E-state index contributed by atoms with van der Waals surface area (Å²) in [5.74, 6) is 1.82. The molecule has 28 heavy (non-hydrogen) atoms. The molecule has 2 aromatic carbocycles. The average molecular weight is 386 g/mol. The van der Waals surface area contributed by atoms with Gasteiger partial charge >= 0.3 is 0 Å². The first-order valence-electron chi connectivity index (χ1n) is 9.17. The van der Waals surface area contributed by atoms with E-state index >= 15 is 0 Å². The SMILES string of the molecule is CCNC(=O)COc1ccc(NC(=O)CCCOc2ccc(OC)cc2)cc1. The molecule has 0 aliphatic heterocycles. The number of anilines is 1. The molecule has 2 aromatic rings. The van der Waals surface area contributed by atoms with Crippen LogP contribution in [-0.2, 0) is 9.59 Å². The number of hydrogen-bond acceptors (Lipinski definition) is 5. The van der Waals surface area contributed by atoms with Crippen LogP contribution in [0.25, 0.3) is 0 Å². The maximum absolute atomic E-state index is 12.0. The summed E-state index contributed by atoms with van der Waals surface area (Å²) in [4.78, 5) is 23.4. The molecule has 0 atom stereocenters. The monoisotopic (exact) mass is 386 g/mol. The van der Waals surface area contributed by atoms with Crippen molar-refractivity contribution in [2.75, 3.05) is 32.2 Å². The summed E-state index contributed by atoms with van der Waals surface area (Å²) in [6.45, 7) is 2.83. The molecule has 0 heterocycles. The van der Waals surface area contributed by atoms with Crippen molar-refractivity contribution in [3.8, 4) is 17.2 Å². The molecule has 0 fully saturated rings. The van der Waals surface area contributed by atoms with Gasteiger partial charge in [0.25, 0.3) is 5.91 Å². The van der Waals surface area contributed by atoms with Crippen molar-refractivity contribution < 1.29 is 23.8 Å². The Morgan fingerprint density at radius 3 is 2.11 bits per heavy atom. The molecule has 0 radical (unpaired) electrons. The normalized spacial score (nSPS) is 10.1. The zero-order valence-electron chi connectivity index (χ0n) is 16.2. The first kappa shape index (κ1) is 21.1. The van der Waals surface area contributed by atoms with Crippen LogP contribution < -0.4 is 24.8 Å². The van der Waals surface area contributed by atoms with Crippen LogP contribution in [-0.4, -0.2) is 38.7 Å². The fourth-order valence-corrected chi connectivity index (χ4v) is 2.35. The Morgan fingerprint density at radius 1 is 0.857 bits per heavy atom. The van der Waals surface area contributed by atoms with Crippen LogP contribution in [0.3, 0.4) is 0 Å². The number of carbonyl (C=O) groups excluding carboxylic acids is 2. The molecule has 0 unspecified atom stereocenters. The van der Waals surface area contributed by atoms with Crippen molar-refractivity contribution in [3.63, 3.8) is 0 Å². The van der Waals surface area contributed by atoms with Gasteiger partial charge in [-0.15, -0.1) is 0 Å². The van der Waals surface area contributed by atoms with Crippen LogP contribution in [0.4, 0.5) is 5.69 Å². The Morgan fingerprint density at radius 2 is 1.46 bits per heavy atom. The molecule has 150 valence electrons. The lowest BCUT2D eigenvalue weighted by molar-refractivity contribution is -0.123. The highest BCUT2D eigenvalue weighted by Crippen LogP contribution is 2.18.